The van der Waals surface area contributed by atoms with Gasteiger partial charge in [-0.3, -0.25) is 0 Å². The van der Waals surface area contributed by atoms with E-state index >= 15 is 0 Å². The van der Waals surface area contributed by atoms with Gasteiger partial charge in [0.05, 0.1) is 13.2 Å². The Kier molecular flexibility index (Phi) is 5.72. The second kappa shape index (κ2) is 7.53. The van der Waals surface area contributed by atoms with Crippen molar-refractivity contribution in [2.75, 3.05) is 26.8 Å². The van der Waals surface area contributed by atoms with E-state index in [0.717, 1.165) is 43.6 Å². The highest BCUT2D eigenvalue weighted by atomic mass is 16.5. The van der Waals surface area contributed by atoms with Gasteiger partial charge in [-0.15, -0.1) is 0 Å². The molecule has 0 fully saturated rings. The molecule has 3 nitrogen and oxygen atoms in total. The number of aryl methyl sites for hydroxylation is 1. The second-order valence-corrected chi connectivity index (χ2v) is 6.04. The van der Waals surface area contributed by atoms with Crippen LogP contribution < -0.4 is 14.8 Å². The Labute approximate surface area is 122 Å². The molecule has 0 amide bonds. The molecule has 0 radical (unpaired) electrons. The van der Waals surface area contributed by atoms with Crippen LogP contribution >= 0.6 is 0 Å². The van der Waals surface area contributed by atoms with Crippen LogP contribution in [0.1, 0.15) is 32.3 Å². The number of hydrogen-bond acceptors (Lipinski definition) is 3. The quantitative estimate of drug-likeness (QED) is 0.865. The topological polar surface area (TPSA) is 30.5 Å². The number of fused-ring (bicyclic) bond motifs is 1. The number of ether oxygens (including phenoxy) is 2. The van der Waals surface area contributed by atoms with Crippen molar-refractivity contribution in [2.24, 2.45) is 11.8 Å². The summed E-state index contributed by atoms with van der Waals surface area (Å²) >= 11 is 0. The van der Waals surface area contributed by atoms with Gasteiger partial charge in [0, 0.05) is 5.92 Å². The fourth-order valence-corrected chi connectivity index (χ4v) is 2.40. The largest absolute Gasteiger partial charge is 0.489 e. The van der Waals surface area contributed by atoms with Crippen molar-refractivity contribution >= 4 is 0 Å². The van der Waals surface area contributed by atoms with E-state index in [0.29, 0.717) is 5.92 Å². The first-order valence-electron chi connectivity index (χ1n) is 7.72. The van der Waals surface area contributed by atoms with Gasteiger partial charge >= 0.3 is 0 Å². The van der Waals surface area contributed by atoms with Crippen molar-refractivity contribution in [3.63, 3.8) is 0 Å². The van der Waals surface area contributed by atoms with Crippen LogP contribution in [0.4, 0.5) is 0 Å². The van der Waals surface area contributed by atoms with E-state index in [9.17, 15) is 0 Å². The van der Waals surface area contributed by atoms with Gasteiger partial charge in [-0.25, -0.2) is 0 Å². The monoisotopic (exact) mass is 277 g/mol. The molecule has 1 N–H and O–H groups in total. The molecular weight excluding hydrogens is 250 g/mol. The van der Waals surface area contributed by atoms with E-state index in [4.69, 9.17) is 9.47 Å². The van der Waals surface area contributed by atoms with Crippen molar-refractivity contribution in [3.8, 4) is 11.5 Å². The molecule has 0 spiro atoms. The third-order valence-electron chi connectivity index (χ3n) is 3.87. The molecule has 0 aromatic heterocycles. The van der Waals surface area contributed by atoms with Crippen LogP contribution in [0.15, 0.2) is 18.2 Å². The smallest absolute Gasteiger partial charge is 0.161 e. The molecular formula is C17H27NO2. The third-order valence-corrected chi connectivity index (χ3v) is 3.87. The van der Waals surface area contributed by atoms with Gasteiger partial charge < -0.3 is 14.8 Å². The van der Waals surface area contributed by atoms with Crippen molar-refractivity contribution < 1.29 is 9.47 Å². The first-order valence-corrected chi connectivity index (χ1v) is 7.72. The summed E-state index contributed by atoms with van der Waals surface area (Å²) < 4.78 is 11.6. The normalized spacial score (nSPS) is 19.4. The number of nitrogens with one attached hydrogen (secondary N) is 1. The summed E-state index contributed by atoms with van der Waals surface area (Å²) in [4.78, 5) is 0. The van der Waals surface area contributed by atoms with Crippen LogP contribution in [0, 0.1) is 11.8 Å². The number of hydrogen-bond donors (Lipinski definition) is 1. The van der Waals surface area contributed by atoms with Gasteiger partial charge in [-0.1, -0.05) is 19.9 Å². The standard InChI is InChI=1S/C17H27NO2/c1-13(8-9-18-3)4-5-15-6-7-16-17(10-15)20-12-14(2)11-19-16/h6-7,10,13-14,18H,4-5,8-9,11-12H2,1-3H3. The van der Waals surface area contributed by atoms with Crippen molar-refractivity contribution in [3.05, 3.63) is 23.8 Å². The molecule has 2 atom stereocenters. The third kappa shape index (κ3) is 4.41. The summed E-state index contributed by atoms with van der Waals surface area (Å²) in [6.45, 7) is 7.06. The zero-order valence-corrected chi connectivity index (χ0v) is 12.9. The van der Waals surface area contributed by atoms with Gasteiger partial charge in [0.1, 0.15) is 0 Å². The fourth-order valence-electron chi connectivity index (χ4n) is 2.40. The van der Waals surface area contributed by atoms with Crippen molar-refractivity contribution in [1.29, 1.82) is 0 Å². The molecule has 0 aliphatic carbocycles. The van der Waals surface area contributed by atoms with Crippen LogP contribution in [-0.2, 0) is 6.42 Å². The molecule has 1 aliphatic heterocycles. The van der Waals surface area contributed by atoms with E-state index in [1.54, 1.807) is 0 Å². The average Bonchev–Trinajstić information content (AvgIpc) is 2.65. The lowest BCUT2D eigenvalue weighted by molar-refractivity contribution is 0.228. The molecule has 0 saturated heterocycles. The van der Waals surface area contributed by atoms with Gasteiger partial charge in [0.15, 0.2) is 11.5 Å². The second-order valence-electron chi connectivity index (χ2n) is 6.04. The summed E-state index contributed by atoms with van der Waals surface area (Å²) in [6, 6.07) is 6.38. The molecule has 0 saturated carbocycles. The van der Waals surface area contributed by atoms with Gasteiger partial charge in [-0.2, -0.15) is 0 Å². The van der Waals surface area contributed by atoms with E-state index in [1.807, 2.05) is 7.05 Å². The predicted molar refractivity (Wildman–Crippen MR) is 82.6 cm³/mol. The minimum Gasteiger partial charge on any atom is -0.489 e. The van der Waals surface area contributed by atoms with Crippen LogP contribution in [0.5, 0.6) is 11.5 Å². The van der Waals surface area contributed by atoms with E-state index < -0.39 is 0 Å². The van der Waals surface area contributed by atoms with Gasteiger partial charge in [-0.05, 0) is 56.5 Å². The van der Waals surface area contributed by atoms with Crippen LogP contribution in [-0.4, -0.2) is 26.8 Å². The summed E-state index contributed by atoms with van der Waals surface area (Å²) in [7, 11) is 2.01. The Morgan fingerprint density at radius 1 is 1.20 bits per heavy atom. The molecule has 1 heterocycles. The SMILES string of the molecule is CNCCC(C)CCc1ccc2c(c1)OCC(C)CO2. The lowest BCUT2D eigenvalue weighted by Crippen LogP contribution is -2.12. The van der Waals surface area contributed by atoms with E-state index in [2.05, 4.69) is 37.4 Å². The predicted octanol–water partition coefficient (Wildman–Crippen LogP) is 3.27. The molecule has 2 unspecified atom stereocenters. The lowest BCUT2D eigenvalue weighted by Gasteiger charge is -2.12. The molecule has 3 heteroatoms. The zero-order chi connectivity index (χ0) is 14.4. The maximum Gasteiger partial charge on any atom is 0.161 e. The van der Waals surface area contributed by atoms with Gasteiger partial charge in [0.2, 0.25) is 0 Å². The molecule has 1 aliphatic rings. The highest BCUT2D eigenvalue weighted by Gasteiger charge is 2.15. The van der Waals surface area contributed by atoms with Crippen LogP contribution in [0.3, 0.4) is 0 Å². The van der Waals surface area contributed by atoms with Crippen LogP contribution in [0.2, 0.25) is 0 Å². The Hall–Kier alpha value is -1.22. The average molecular weight is 277 g/mol. The Balaban J connectivity index is 1.90. The maximum absolute atomic E-state index is 5.84. The van der Waals surface area contributed by atoms with Crippen LogP contribution in [0.25, 0.3) is 0 Å². The minimum absolute atomic E-state index is 0.451. The van der Waals surface area contributed by atoms with Gasteiger partial charge in [0.25, 0.3) is 0 Å². The van der Waals surface area contributed by atoms with E-state index in [1.165, 1.54) is 18.4 Å². The lowest BCUT2D eigenvalue weighted by atomic mass is 9.98. The number of rotatable bonds is 6. The van der Waals surface area contributed by atoms with Crippen molar-refractivity contribution in [1.82, 2.24) is 5.32 Å². The minimum atomic E-state index is 0.451. The Bertz CT molecular complexity index is 419. The molecule has 2 rings (SSSR count). The fraction of sp³-hybridized carbons (Fsp3) is 0.647. The first kappa shape index (κ1) is 15.2. The molecule has 112 valence electrons. The molecule has 1 aromatic rings. The Morgan fingerprint density at radius 2 is 1.95 bits per heavy atom. The Morgan fingerprint density at radius 3 is 2.70 bits per heavy atom. The van der Waals surface area contributed by atoms with Crippen molar-refractivity contribution in [2.45, 2.75) is 33.1 Å². The van der Waals surface area contributed by atoms with E-state index in [-0.39, 0.29) is 0 Å². The molecule has 0 bridgehead atoms. The highest BCUT2D eigenvalue weighted by Crippen LogP contribution is 2.32. The zero-order valence-electron chi connectivity index (χ0n) is 12.9. The maximum atomic E-state index is 5.84. The molecule has 1 aromatic carbocycles. The highest BCUT2D eigenvalue weighted by molar-refractivity contribution is 5.43. The number of benzene rings is 1. The summed E-state index contributed by atoms with van der Waals surface area (Å²) in [6.07, 6.45) is 3.56. The molecule has 20 heavy (non-hydrogen) atoms. The summed E-state index contributed by atoms with van der Waals surface area (Å²) in [5.41, 5.74) is 1.35. The summed E-state index contributed by atoms with van der Waals surface area (Å²) in [5.74, 6) is 3.00. The summed E-state index contributed by atoms with van der Waals surface area (Å²) in [5, 5.41) is 3.21. The first-order chi connectivity index (χ1) is 9.69.